The van der Waals surface area contributed by atoms with E-state index in [1.54, 1.807) is 12.1 Å². The molecule has 3 N–H and O–H groups in total. The number of hydrogen-bond donors (Lipinski definition) is 2. The number of anilines is 1. The number of fused-ring (bicyclic) bond motifs is 3. The second kappa shape index (κ2) is 10.6. The number of nitrogen functional groups attached to an aromatic ring is 1. The zero-order chi connectivity index (χ0) is 24.1. The van der Waals surface area contributed by atoms with Crippen LogP contribution in [0, 0.1) is 11.8 Å². The molecule has 0 radical (unpaired) electrons. The Labute approximate surface area is 201 Å². The number of aliphatic hydroxyl groups excluding tert-OH is 1. The van der Waals surface area contributed by atoms with Crippen molar-refractivity contribution < 1.29 is 9.90 Å². The fourth-order valence-electron chi connectivity index (χ4n) is 4.44. The monoisotopic (exact) mass is 453 g/mol. The maximum Gasteiger partial charge on any atom is 0.162 e. The summed E-state index contributed by atoms with van der Waals surface area (Å²) in [6.45, 7) is 6.53. The first kappa shape index (κ1) is 23.7. The molecule has 1 aromatic heterocycles. The van der Waals surface area contributed by atoms with Crippen LogP contribution in [0.25, 0.3) is 11.1 Å². The highest BCUT2D eigenvalue weighted by atomic mass is 16.3. The third-order valence-corrected chi connectivity index (χ3v) is 6.50. The van der Waals surface area contributed by atoms with Crippen molar-refractivity contribution in [2.75, 3.05) is 25.4 Å². The predicted octanol–water partition coefficient (Wildman–Crippen LogP) is 4.30. The number of pyridine rings is 1. The lowest BCUT2D eigenvalue weighted by atomic mass is 10.0. The Hall–Kier alpha value is -3.46. The average Bonchev–Trinajstić information content (AvgIpc) is 3.24. The molecule has 0 spiro atoms. The van der Waals surface area contributed by atoms with E-state index in [1.165, 1.54) is 11.1 Å². The lowest BCUT2D eigenvalue weighted by molar-refractivity contribution is 0.0877. The largest absolute Gasteiger partial charge is 0.392 e. The van der Waals surface area contributed by atoms with Crippen molar-refractivity contribution in [3.8, 4) is 23.0 Å². The van der Waals surface area contributed by atoms with E-state index in [-0.39, 0.29) is 5.78 Å². The number of benzene rings is 2. The molecule has 0 saturated carbocycles. The van der Waals surface area contributed by atoms with Crippen LogP contribution < -0.4 is 5.73 Å². The highest BCUT2D eigenvalue weighted by Gasteiger charge is 2.22. The third kappa shape index (κ3) is 5.20. The lowest BCUT2D eigenvalue weighted by Gasteiger charge is -2.21. The summed E-state index contributed by atoms with van der Waals surface area (Å²) in [5.74, 6) is 6.88. The van der Waals surface area contributed by atoms with Crippen LogP contribution in [0.3, 0.4) is 0 Å². The lowest BCUT2D eigenvalue weighted by Crippen LogP contribution is -2.32. The van der Waals surface area contributed by atoms with Gasteiger partial charge in [0.1, 0.15) is 5.82 Å². The normalized spacial score (nSPS) is 12.6. The van der Waals surface area contributed by atoms with E-state index in [4.69, 9.17) is 5.73 Å². The highest BCUT2D eigenvalue weighted by molar-refractivity contribution is 5.96. The number of nitrogens with two attached hydrogens (primary N) is 1. The molecular weight excluding hydrogens is 422 g/mol. The molecule has 1 aliphatic rings. The first-order valence-electron chi connectivity index (χ1n) is 11.9. The van der Waals surface area contributed by atoms with Gasteiger partial charge in [-0.2, -0.15) is 0 Å². The number of carbonyl (C=O) groups is 1. The summed E-state index contributed by atoms with van der Waals surface area (Å²) >= 11 is 0. The van der Waals surface area contributed by atoms with Crippen LogP contribution in [-0.2, 0) is 6.42 Å². The SMILES string of the molecule is CCN(CC)CC(O)CCC(=O)c1ccc(C#Cc2c(N)ncc3c2Cc2ccccc2-3)cc1. The van der Waals surface area contributed by atoms with E-state index < -0.39 is 6.10 Å². The maximum absolute atomic E-state index is 12.6. The van der Waals surface area contributed by atoms with Gasteiger partial charge >= 0.3 is 0 Å². The van der Waals surface area contributed by atoms with E-state index in [0.717, 1.165) is 41.8 Å². The van der Waals surface area contributed by atoms with Gasteiger partial charge in [-0.15, -0.1) is 0 Å². The van der Waals surface area contributed by atoms with Gasteiger partial charge in [-0.25, -0.2) is 4.98 Å². The molecule has 1 atom stereocenters. The zero-order valence-corrected chi connectivity index (χ0v) is 19.8. The Kier molecular flexibility index (Phi) is 7.42. The minimum absolute atomic E-state index is 0.0326. The van der Waals surface area contributed by atoms with E-state index >= 15 is 0 Å². The molecule has 1 unspecified atom stereocenters. The third-order valence-electron chi connectivity index (χ3n) is 6.50. The van der Waals surface area contributed by atoms with E-state index in [2.05, 4.69) is 47.7 Å². The van der Waals surface area contributed by atoms with Crippen LogP contribution in [0.4, 0.5) is 5.82 Å². The van der Waals surface area contributed by atoms with Gasteiger partial charge in [0.2, 0.25) is 0 Å². The van der Waals surface area contributed by atoms with Crippen molar-refractivity contribution in [3.05, 3.63) is 82.5 Å². The van der Waals surface area contributed by atoms with Gasteiger partial charge in [0.15, 0.2) is 5.78 Å². The molecule has 0 aliphatic heterocycles. The van der Waals surface area contributed by atoms with Gasteiger partial charge in [0.05, 0.1) is 11.7 Å². The topological polar surface area (TPSA) is 79.5 Å². The summed E-state index contributed by atoms with van der Waals surface area (Å²) in [6, 6.07) is 15.6. The summed E-state index contributed by atoms with van der Waals surface area (Å²) in [5.41, 5.74) is 13.1. The van der Waals surface area contributed by atoms with Crippen LogP contribution in [0.2, 0.25) is 0 Å². The molecule has 5 heteroatoms. The Morgan fingerprint density at radius 2 is 1.82 bits per heavy atom. The van der Waals surface area contributed by atoms with Crippen LogP contribution in [0.15, 0.2) is 54.7 Å². The Morgan fingerprint density at radius 1 is 1.09 bits per heavy atom. The smallest absolute Gasteiger partial charge is 0.162 e. The molecule has 0 fully saturated rings. The first-order chi connectivity index (χ1) is 16.5. The Balaban J connectivity index is 1.43. The van der Waals surface area contributed by atoms with Crippen LogP contribution >= 0.6 is 0 Å². The summed E-state index contributed by atoms with van der Waals surface area (Å²) in [5, 5.41) is 10.2. The second-order valence-electron chi connectivity index (χ2n) is 8.67. The number of nitrogens with zero attached hydrogens (tertiary/aromatic N) is 2. The standard InChI is InChI=1S/C29H31N3O2/c1-3-32(4-2)19-23(33)14-16-28(34)21-12-9-20(10-13-21)11-15-25-26-17-22-7-5-6-8-24(22)27(26)18-31-29(25)30/h5-10,12-13,18,23,33H,3-4,14,16-17,19H2,1-2H3,(H2,30,31). The number of aromatic nitrogens is 1. The van der Waals surface area contributed by atoms with Crippen molar-refractivity contribution in [2.24, 2.45) is 0 Å². The molecule has 34 heavy (non-hydrogen) atoms. The molecule has 2 aromatic carbocycles. The zero-order valence-electron chi connectivity index (χ0n) is 19.8. The number of hydrogen-bond acceptors (Lipinski definition) is 5. The molecule has 1 aliphatic carbocycles. The number of likely N-dealkylation sites (N-methyl/N-ethyl adjacent to an activating group) is 1. The molecule has 1 heterocycles. The molecule has 5 nitrogen and oxygen atoms in total. The van der Waals surface area contributed by atoms with Gasteiger partial charge in [0, 0.05) is 42.3 Å². The molecule has 3 aromatic rings. The second-order valence-corrected chi connectivity index (χ2v) is 8.67. The van der Waals surface area contributed by atoms with Crippen molar-refractivity contribution in [3.63, 3.8) is 0 Å². The number of ketones is 1. The fourth-order valence-corrected chi connectivity index (χ4v) is 4.44. The average molecular weight is 454 g/mol. The van der Waals surface area contributed by atoms with Gasteiger partial charge < -0.3 is 15.7 Å². The summed E-state index contributed by atoms with van der Waals surface area (Å²) in [6.07, 6.45) is 2.93. The van der Waals surface area contributed by atoms with Gasteiger partial charge in [-0.3, -0.25) is 4.79 Å². The Morgan fingerprint density at radius 3 is 2.56 bits per heavy atom. The number of Topliss-reactive ketones (excluding diaryl/α,β-unsaturated/α-hetero) is 1. The van der Waals surface area contributed by atoms with Crippen molar-refractivity contribution in [2.45, 2.75) is 39.2 Å². The van der Waals surface area contributed by atoms with Crippen molar-refractivity contribution >= 4 is 11.6 Å². The predicted molar refractivity (Wildman–Crippen MR) is 137 cm³/mol. The summed E-state index contributed by atoms with van der Waals surface area (Å²) < 4.78 is 0. The molecule has 4 rings (SSSR count). The quantitative estimate of drug-likeness (QED) is 0.307. The van der Waals surface area contributed by atoms with E-state index in [9.17, 15) is 9.90 Å². The Bertz CT molecular complexity index is 1230. The molecule has 0 amide bonds. The van der Waals surface area contributed by atoms with Crippen LogP contribution in [0.5, 0.6) is 0 Å². The first-order valence-corrected chi connectivity index (χ1v) is 11.9. The number of aliphatic hydroxyl groups is 1. The van der Waals surface area contributed by atoms with Gasteiger partial charge in [-0.1, -0.05) is 62.1 Å². The highest BCUT2D eigenvalue weighted by Crippen LogP contribution is 2.38. The van der Waals surface area contributed by atoms with E-state index in [1.807, 2.05) is 30.5 Å². The van der Waals surface area contributed by atoms with Gasteiger partial charge in [0.25, 0.3) is 0 Å². The minimum Gasteiger partial charge on any atom is -0.392 e. The fraction of sp³-hybridized carbons (Fsp3) is 0.310. The van der Waals surface area contributed by atoms with E-state index in [0.29, 0.717) is 30.8 Å². The van der Waals surface area contributed by atoms with Crippen molar-refractivity contribution in [1.29, 1.82) is 0 Å². The minimum atomic E-state index is -0.494. The number of rotatable bonds is 8. The number of carbonyl (C=O) groups excluding carboxylic acids is 1. The molecule has 0 bridgehead atoms. The summed E-state index contributed by atoms with van der Waals surface area (Å²) in [4.78, 5) is 19.1. The molecule has 174 valence electrons. The van der Waals surface area contributed by atoms with Crippen LogP contribution in [-0.4, -0.2) is 46.5 Å². The molecule has 0 saturated heterocycles. The molecular formula is C29H31N3O2. The van der Waals surface area contributed by atoms with Crippen LogP contribution in [0.1, 0.15) is 59.3 Å². The van der Waals surface area contributed by atoms with Gasteiger partial charge in [-0.05, 0) is 48.3 Å². The van der Waals surface area contributed by atoms with Crippen molar-refractivity contribution in [1.82, 2.24) is 9.88 Å². The summed E-state index contributed by atoms with van der Waals surface area (Å²) in [7, 11) is 0. The maximum atomic E-state index is 12.6.